The van der Waals surface area contributed by atoms with Gasteiger partial charge in [0.2, 0.25) is 0 Å². The van der Waals surface area contributed by atoms with Crippen molar-refractivity contribution >= 4 is 28.6 Å². The van der Waals surface area contributed by atoms with Gasteiger partial charge in [0.25, 0.3) is 0 Å². The number of likely N-dealkylation sites (tertiary alicyclic amines) is 1. The Hall–Kier alpha value is -1.02. The van der Waals surface area contributed by atoms with Crippen LogP contribution >= 0.6 is 22.6 Å². The normalized spacial score (nSPS) is 16.5. The number of nitrogens with zero attached hydrogens (tertiary/aromatic N) is 3. The van der Waals surface area contributed by atoms with Gasteiger partial charge in [-0.1, -0.05) is 19.1 Å². The molecule has 0 aliphatic carbocycles. The first-order chi connectivity index (χ1) is 11.6. The summed E-state index contributed by atoms with van der Waals surface area (Å²) in [6.07, 6.45) is 2.35. The molecule has 1 N–H and O–H groups in total. The van der Waals surface area contributed by atoms with Gasteiger partial charge in [0, 0.05) is 46.1 Å². The van der Waals surface area contributed by atoms with E-state index in [0.717, 1.165) is 57.3 Å². The highest BCUT2D eigenvalue weighted by Gasteiger charge is 2.23. The van der Waals surface area contributed by atoms with Gasteiger partial charge in [-0.05, 0) is 48.3 Å². The highest BCUT2D eigenvalue weighted by Crippen LogP contribution is 2.24. The molecule has 6 heteroatoms. The van der Waals surface area contributed by atoms with Gasteiger partial charge in [-0.15, -0.1) is 0 Å². The Bertz CT molecular complexity index is 530. The Morgan fingerprint density at radius 2 is 2.08 bits per heavy atom. The smallest absolute Gasteiger partial charge is 0.193 e. The fourth-order valence-electron chi connectivity index (χ4n) is 2.75. The monoisotopic (exact) mass is 444 g/mol. The summed E-state index contributed by atoms with van der Waals surface area (Å²) in [4.78, 5) is 9.06. The van der Waals surface area contributed by atoms with E-state index < -0.39 is 0 Å². The van der Waals surface area contributed by atoms with Crippen LogP contribution < -0.4 is 10.1 Å². The lowest BCUT2D eigenvalue weighted by Crippen LogP contribution is -2.48. The average molecular weight is 444 g/mol. The third kappa shape index (κ3) is 5.81. The van der Waals surface area contributed by atoms with Crippen LogP contribution in [0.3, 0.4) is 0 Å². The molecule has 134 valence electrons. The lowest BCUT2D eigenvalue weighted by molar-refractivity contribution is 0.128. The zero-order chi connectivity index (χ0) is 17.4. The van der Waals surface area contributed by atoms with Crippen LogP contribution in [0.2, 0.25) is 0 Å². The number of rotatable bonds is 6. The minimum Gasteiger partial charge on any atom is -0.489 e. The molecule has 0 amide bonds. The number of ether oxygens (including phenoxy) is 1. The molecule has 0 unspecified atom stereocenters. The first kappa shape index (κ1) is 19.3. The van der Waals surface area contributed by atoms with Crippen LogP contribution in [0.1, 0.15) is 19.8 Å². The van der Waals surface area contributed by atoms with Crippen LogP contribution in [-0.2, 0) is 0 Å². The maximum atomic E-state index is 6.17. The van der Waals surface area contributed by atoms with Crippen LogP contribution in [0.15, 0.2) is 29.3 Å². The Kier molecular flexibility index (Phi) is 8.11. The van der Waals surface area contributed by atoms with Gasteiger partial charge in [0.1, 0.15) is 11.9 Å². The Labute approximate surface area is 159 Å². The summed E-state index contributed by atoms with van der Waals surface area (Å²) in [6, 6.07) is 8.22. The molecule has 0 spiro atoms. The van der Waals surface area contributed by atoms with E-state index in [1.165, 1.54) is 3.57 Å². The van der Waals surface area contributed by atoms with E-state index in [-0.39, 0.29) is 0 Å². The highest BCUT2D eigenvalue weighted by molar-refractivity contribution is 14.1. The van der Waals surface area contributed by atoms with Crippen molar-refractivity contribution in [1.82, 2.24) is 15.1 Å². The average Bonchev–Trinajstić information content (AvgIpc) is 2.61. The van der Waals surface area contributed by atoms with Crippen LogP contribution in [0.25, 0.3) is 0 Å². The number of hydrogen-bond acceptors (Lipinski definition) is 3. The maximum Gasteiger partial charge on any atom is 0.193 e. The molecular weight excluding hydrogens is 415 g/mol. The number of guanidine groups is 1. The number of halogens is 1. The van der Waals surface area contributed by atoms with Gasteiger partial charge in [-0.3, -0.25) is 4.99 Å². The molecule has 24 heavy (non-hydrogen) atoms. The summed E-state index contributed by atoms with van der Waals surface area (Å²) < 4.78 is 7.35. The second kappa shape index (κ2) is 10.1. The van der Waals surface area contributed by atoms with E-state index in [1.54, 1.807) is 0 Å². The van der Waals surface area contributed by atoms with Crippen molar-refractivity contribution in [2.45, 2.75) is 25.9 Å². The quantitative estimate of drug-likeness (QED) is 0.416. The number of likely N-dealkylation sites (N-methyl/N-ethyl adjacent to an activating group) is 1. The molecule has 0 saturated carbocycles. The molecular formula is C18H29IN4O. The van der Waals surface area contributed by atoms with Crippen molar-refractivity contribution in [2.24, 2.45) is 4.99 Å². The van der Waals surface area contributed by atoms with E-state index in [4.69, 9.17) is 4.74 Å². The topological polar surface area (TPSA) is 40.1 Å². The Morgan fingerprint density at radius 3 is 2.71 bits per heavy atom. The molecule has 5 nitrogen and oxygen atoms in total. The van der Waals surface area contributed by atoms with Gasteiger partial charge >= 0.3 is 0 Å². The molecule has 1 heterocycles. The summed E-state index contributed by atoms with van der Waals surface area (Å²) in [5, 5.41) is 3.47. The minimum absolute atomic E-state index is 0.293. The van der Waals surface area contributed by atoms with Crippen molar-refractivity contribution in [1.29, 1.82) is 0 Å². The van der Waals surface area contributed by atoms with Crippen molar-refractivity contribution in [3.05, 3.63) is 27.8 Å². The van der Waals surface area contributed by atoms with Crippen molar-refractivity contribution in [2.75, 3.05) is 46.8 Å². The Morgan fingerprint density at radius 1 is 1.38 bits per heavy atom. The van der Waals surface area contributed by atoms with Crippen molar-refractivity contribution in [3.63, 3.8) is 0 Å². The molecule has 1 aromatic carbocycles. The third-order valence-corrected chi connectivity index (χ3v) is 5.29. The van der Waals surface area contributed by atoms with E-state index in [0.29, 0.717) is 6.10 Å². The fraction of sp³-hybridized carbons (Fsp3) is 0.611. The van der Waals surface area contributed by atoms with E-state index in [2.05, 4.69) is 68.8 Å². The standard InChI is InChI=1S/C18H29IN4O/c1-4-22(3)14-11-21-18(20-2)23-12-9-15(10-13-23)24-17-8-6-5-7-16(17)19/h5-8,15H,4,9-14H2,1-3H3,(H,20,21). The van der Waals surface area contributed by atoms with Crippen LogP contribution in [0.4, 0.5) is 0 Å². The molecule has 0 radical (unpaired) electrons. The molecule has 1 aromatic rings. The fourth-order valence-corrected chi connectivity index (χ4v) is 3.27. The largest absolute Gasteiger partial charge is 0.489 e. The lowest BCUT2D eigenvalue weighted by atomic mass is 10.1. The van der Waals surface area contributed by atoms with E-state index in [1.807, 2.05) is 19.2 Å². The number of benzene rings is 1. The molecule has 0 aromatic heterocycles. The molecule has 1 fully saturated rings. The summed E-state index contributed by atoms with van der Waals surface area (Å²) in [5.74, 6) is 2.01. The van der Waals surface area contributed by atoms with Crippen LogP contribution in [-0.4, -0.2) is 68.7 Å². The van der Waals surface area contributed by atoms with Gasteiger partial charge in [-0.2, -0.15) is 0 Å². The predicted molar refractivity (Wildman–Crippen MR) is 109 cm³/mol. The summed E-state index contributed by atoms with van der Waals surface area (Å²) in [6.45, 7) is 7.17. The zero-order valence-corrected chi connectivity index (χ0v) is 17.1. The molecule has 1 aliphatic heterocycles. The molecule has 1 aliphatic rings. The van der Waals surface area contributed by atoms with Crippen molar-refractivity contribution < 1.29 is 4.74 Å². The Balaban J connectivity index is 1.77. The van der Waals surface area contributed by atoms with Gasteiger partial charge in [-0.25, -0.2) is 0 Å². The number of hydrogen-bond donors (Lipinski definition) is 1. The third-order valence-electron chi connectivity index (χ3n) is 4.40. The van der Waals surface area contributed by atoms with Crippen LogP contribution in [0, 0.1) is 3.57 Å². The number of para-hydroxylation sites is 1. The molecule has 1 saturated heterocycles. The highest BCUT2D eigenvalue weighted by atomic mass is 127. The first-order valence-electron chi connectivity index (χ1n) is 8.69. The second-order valence-corrected chi connectivity index (χ2v) is 7.27. The minimum atomic E-state index is 0.293. The van der Waals surface area contributed by atoms with Crippen molar-refractivity contribution in [3.8, 4) is 5.75 Å². The maximum absolute atomic E-state index is 6.17. The number of aliphatic imine (C=N–C) groups is 1. The van der Waals surface area contributed by atoms with Crippen LogP contribution in [0.5, 0.6) is 5.75 Å². The van der Waals surface area contributed by atoms with Gasteiger partial charge in [0.15, 0.2) is 5.96 Å². The second-order valence-electron chi connectivity index (χ2n) is 6.10. The predicted octanol–water partition coefficient (Wildman–Crippen LogP) is 2.66. The lowest BCUT2D eigenvalue weighted by Gasteiger charge is -2.34. The summed E-state index contributed by atoms with van der Waals surface area (Å²) in [5.41, 5.74) is 0. The SMILES string of the molecule is CCN(C)CCNC(=NC)N1CCC(Oc2ccccc2I)CC1. The molecule has 2 rings (SSSR count). The summed E-state index contributed by atoms with van der Waals surface area (Å²) >= 11 is 2.33. The first-order valence-corrected chi connectivity index (χ1v) is 9.77. The summed E-state index contributed by atoms with van der Waals surface area (Å²) in [7, 11) is 4.00. The van der Waals surface area contributed by atoms with Gasteiger partial charge in [0.05, 0.1) is 3.57 Å². The molecule has 0 bridgehead atoms. The number of piperidine rings is 1. The van der Waals surface area contributed by atoms with Gasteiger partial charge < -0.3 is 19.9 Å². The van der Waals surface area contributed by atoms with E-state index in [9.17, 15) is 0 Å². The van der Waals surface area contributed by atoms with E-state index >= 15 is 0 Å². The molecule has 0 atom stereocenters. The zero-order valence-electron chi connectivity index (χ0n) is 15.0. The number of nitrogens with one attached hydrogen (secondary N) is 1.